The van der Waals surface area contributed by atoms with Crippen LogP contribution in [0.25, 0.3) is 17.1 Å². The van der Waals surface area contributed by atoms with Gasteiger partial charge in [0.15, 0.2) is 5.76 Å². The first-order chi connectivity index (χ1) is 14.6. The summed E-state index contributed by atoms with van der Waals surface area (Å²) in [4.78, 5) is 25.1. The third kappa shape index (κ3) is 3.16. The van der Waals surface area contributed by atoms with Gasteiger partial charge in [0, 0.05) is 24.0 Å². The summed E-state index contributed by atoms with van der Waals surface area (Å²) in [5, 5.41) is 10.2. The normalized spacial score (nSPS) is 12.5. The number of nitrogens with zero attached hydrogens (tertiary/aromatic N) is 2. The zero-order valence-corrected chi connectivity index (χ0v) is 16.2. The first-order valence-corrected chi connectivity index (χ1v) is 9.53. The summed E-state index contributed by atoms with van der Waals surface area (Å²) in [5.41, 5.74) is 3.69. The molecule has 0 radical (unpaired) electrons. The van der Waals surface area contributed by atoms with Gasteiger partial charge in [-0.25, -0.2) is 4.68 Å². The summed E-state index contributed by atoms with van der Waals surface area (Å²) in [6.07, 6.45) is 1.68. The van der Waals surface area contributed by atoms with Crippen molar-refractivity contribution in [1.29, 1.82) is 0 Å². The number of carbonyl (C=O) groups is 2. The van der Waals surface area contributed by atoms with Gasteiger partial charge in [-0.1, -0.05) is 24.3 Å². The van der Waals surface area contributed by atoms with Gasteiger partial charge in [-0.05, 0) is 48.9 Å². The number of furan rings is 1. The molecule has 5 rings (SSSR count). The van der Waals surface area contributed by atoms with Crippen LogP contribution < -0.4 is 10.6 Å². The molecule has 7 nitrogen and oxygen atoms in total. The summed E-state index contributed by atoms with van der Waals surface area (Å²) in [5.74, 6) is 0.778. The van der Waals surface area contributed by atoms with Crippen molar-refractivity contribution >= 4 is 17.5 Å². The zero-order valence-electron chi connectivity index (χ0n) is 16.2. The standard InChI is InChI=1S/C23H18N4O3/c1-14-7-10-20(30-14)21-19(13-27(26-21)17-5-3-2-4-6-17)23(29)25-16-9-8-15-12-24-22(28)18(15)11-16/h2-11,13H,12H2,1H3,(H,24,28)(H,25,29). The van der Waals surface area contributed by atoms with Crippen molar-refractivity contribution in [3.63, 3.8) is 0 Å². The minimum atomic E-state index is -0.334. The number of aromatic nitrogens is 2. The fourth-order valence-corrected chi connectivity index (χ4v) is 3.49. The Bertz CT molecular complexity index is 1270. The van der Waals surface area contributed by atoms with Gasteiger partial charge in [0.2, 0.25) is 0 Å². The lowest BCUT2D eigenvalue weighted by molar-refractivity contribution is 0.0964. The number of aryl methyl sites for hydroxylation is 1. The second-order valence-electron chi connectivity index (χ2n) is 7.09. The van der Waals surface area contributed by atoms with E-state index in [-0.39, 0.29) is 11.8 Å². The predicted molar refractivity (Wildman–Crippen MR) is 112 cm³/mol. The number of rotatable bonds is 4. The van der Waals surface area contributed by atoms with Gasteiger partial charge in [-0.3, -0.25) is 9.59 Å². The molecule has 0 atom stereocenters. The SMILES string of the molecule is Cc1ccc(-c2nn(-c3ccccc3)cc2C(=O)Nc2ccc3c(c2)C(=O)NC3)o1. The van der Waals surface area contributed by atoms with Gasteiger partial charge in [0.1, 0.15) is 11.5 Å². The molecule has 4 aromatic rings. The molecule has 1 aliphatic rings. The molecule has 2 amide bonds. The number of para-hydroxylation sites is 1. The summed E-state index contributed by atoms with van der Waals surface area (Å²) < 4.78 is 7.38. The number of hydrogen-bond acceptors (Lipinski definition) is 4. The van der Waals surface area contributed by atoms with Crippen LogP contribution in [0.2, 0.25) is 0 Å². The average molecular weight is 398 g/mol. The molecule has 0 unspecified atom stereocenters. The minimum Gasteiger partial charge on any atom is -0.460 e. The van der Waals surface area contributed by atoms with E-state index in [4.69, 9.17) is 4.42 Å². The van der Waals surface area contributed by atoms with Gasteiger partial charge in [-0.2, -0.15) is 5.10 Å². The molecule has 0 saturated heterocycles. The minimum absolute atomic E-state index is 0.134. The van der Waals surface area contributed by atoms with E-state index in [1.807, 2.05) is 49.4 Å². The molecule has 0 saturated carbocycles. The highest BCUT2D eigenvalue weighted by Gasteiger charge is 2.23. The van der Waals surface area contributed by atoms with Crippen LogP contribution in [0, 0.1) is 6.92 Å². The zero-order chi connectivity index (χ0) is 20.7. The fraction of sp³-hybridized carbons (Fsp3) is 0.0870. The highest BCUT2D eigenvalue weighted by Crippen LogP contribution is 2.27. The van der Waals surface area contributed by atoms with Crippen molar-refractivity contribution < 1.29 is 14.0 Å². The molecular weight excluding hydrogens is 380 g/mol. The van der Waals surface area contributed by atoms with Crippen LogP contribution in [0.3, 0.4) is 0 Å². The first-order valence-electron chi connectivity index (χ1n) is 9.53. The lowest BCUT2D eigenvalue weighted by atomic mass is 10.1. The highest BCUT2D eigenvalue weighted by molar-refractivity contribution is 6.08. The Balaban J connectivity index is 1.52. The largest absolute Gasteiger partial charge is 0.460 e. The van der Waals surface area contributed by atoms with Crippen LogP contribution in [0.4, 0.5) is 5.69 Å². The summed E-state index contributed by atoms with van der Waals surface area (Å²) in [7, 11) is 0. The molecule has 7 heteroatoms. The van der Waals surface area contributed by atoms with Gasteiger partial charge < -0.3 is 15.1 Å². The Morgan fingerprint density at radius 2 is 1.97 bits per heavy atom. The molecular formula is C23H18N4O3. The number of benzene rings is 2. The lowest BCUT2D eigenvalue weighted by Gasteiger charge is -2.06. The first kappa shape index (κ1) is 17.9. The second-order valence-corrected chi connectivity index (χ2v) is 7.09. The van der Waals surface area contributed by atoms with Crippen LogP contribution in [0.15, 0.2) is 71.3 Å². The van der Waals surface area contributed by atoms with Gasteiger partial charge in [0.25, 0.3) is 11.8 Å². The van der Waals surface area contributed by atoms with Crippen molar-refractivity contribution in [2.24, 2.45) is 0 Å². The van der Waals surface area contributed by atoms with Crippen LogP contribution in [0.5, 0.6) is 0 Å². The Morgan fingerprint density at radius 1 is 1.13 bits per heavy atom. The molecule has 1 aliphatic heterocycles. The van der Waals surface area contributed by atoms with E-state index in [1.165, 1.54) is 0 Å². The summed E-state index contributed by atoms with van der Waals surface area (Å²) >= 11 is 0. The van der Waals surface area contributed by atoms with E-state index in [0.717, 1.165) is 17.0 Å². The monoisotopic (exact) mass is 398 g/mol. The Hall–Kier alpha value is -4.13. The number of anilines is 1. The maximum Gasteiger partial charge on any atom is 0.259 e. The Morgan fingerprint density at radius 3 is 2.73 bits per heavy atom. The van der Waals surface area contributed by atoms with Crippen molar-refractivity contribution in [3.05, 3.63) is 89.3 Å². The van der Waals surface area contributed by atoms with Crippen LogP contribution in [0.1, 0.15) is 32.0 Å². The molecule has 2 aromatic heterocycles. The van der Waals surface area contributed by atoms with Crippen molar-refractivity contribution in [2.75, 3.05) is 5.32 Å². The lowest BCUT2D eigenvalue weighted by Crippen LogP contribution is -2.14. The third-order valence-electron chi connectivity index (χ3n) is 5.01. The average Bonchev–Trinajstić information content (AvgIpc) is 3.47. The van der Waals surface area contributed by atoms with E-state index >= 15 is 0 Å². The van der Waals surface area contributed by atoms with Crippen LogP contribution in [-0.4, -0.2) is 21.6 Å². The summed E-state index contributed by atoms with van der Waals surface area (Å²) in [6.45, 7) is 2.35. The van der Waals surface area contributed by atoms with E-state index in [1.54, 1.807) is 29.1 Å². The Labute approximate surface area is 172 Å². The molecule has 2 N–H and O–H groups in total. The van der Waals surface area contributed by atoms with Crippen LogP contribution in [-0.2, 0) is 6.54 Å². The van der Waals surface area contributed by atoms with Gasteiger partial charge >= 0.3 is 0 Å². The van der Waals surface area contributed by atoms with Gasteiger partial charge in [-0.15, -0.1) is 0 Å². The smallest absolute Gasteiger partial charge is 0.259 e. The molecule has 0 bridgehead atoms. The molecule has 0 aliphatic carbocycles. The summed E-state index contributed by atoms with van der Waals surface area (Å²) in [6, 6.07) is 18.5. The van der Waals surface area contributed by atoms with Crippen molar-refractivity contribution in [1.82, 2.24) is 15.1 Å². The number of fused-ring (bicyclic) bond motifs is 1. The van der Waals surface area contributed by atoms with E-state index < -0.39 is 0 Å². The number of hydrogen-bond donors (Lipinski definition) is 2. The molecule has 0 fully saturated rings. The quantitative estimate of drug-likeness (QED) is 0.545. The molecule has 0 spiro atoms. The van der Waals surface area contributed by atoms with Crippen molar-refractivity contribution in [3.8, 4) is 17.1 Å². The van der Waals surface area contributed by atoms with E-state index in [2.05, 4.69) is 15.7 Å². The highest BCUT2D eigenvalue weighted by atomic mass is 16.3. The maximum absolute atomic E-state index is 13.1. The maximum atomic E-state index is 13.1. The molecule has 3 heterocycles. The third-order valence-corrected chi connectivity index (χ3v) is 5.01. The van der Waals surface area contributed by atoms with E-state index in [9.17, 15) is 9.59 Å². The van der Waals surface area contributed by atoms with Gasteiger partial charge in [0.05, 0.1) is 11.3 Å². The number of carbonyl (C=O) groups excluding carboxylic acids is 2. The predicted octanol–water partition coefficient (Wildman–Crippen LogP) is 3.94. The topological polar surface area (TPSA) is 89.2 Å². The number of amides is 2. The second kappa shape index (κ2) is 7.04. The van der Waals surface area contributed by atoms with E-state index in [0.29, 0.717) is 34.8 Å². The molecule has 30 heavy (non-hydrogen) atoms. The molecule has 2 aromatic carbocycles. The Kier molecular flexibility index (Phi) is 4.21. The fourth-order valence-electron chi connectivity index (χ4n) is 3.49. The number of nitrogens with one attached hydrogen (secondary N) is 2. The molecule has 148 valence electrons. The van der Waals surface area contributed by atoms with Crippen LogP contribution >= 0.6 is 0 Å². The van der Waals surface area contributed by atoms with Crippen molar-refractivity contribution in [2.45, 2.75) is 13.5 Å².